The number of rotatable bonds is 16. The SMILES string of the molecule is CCCC(CCC[Si](OC)(OC)OC)CCC[Si](OC)(OC)OC. The molecule has 0 fully saturated rings. The normalized spacial score (nSPS) is 13.0. The van der Waals surface area contributed by atoms with Gasteiger partial charge in [0.25, 0.3) is 0 Å². The van der Waals surface area contributed by atoms with E-state index in [-0.39, 0.29) is 0 Å². The zero-order valence-corrected chi connectivity index (χ0v) is 18.7. The summed E-state index contributed by atoms with van der Waals surface area (Å²) in [4.78, 5) is 0. The summed E-state index contributed by atoms with van der Waals surface area (Å²) in [6.45, 7) is 2.24. The van der Waals surface area contributed by atoms with E-state index in [0.717, 1.165) is 24.9 Å². The quantitative estimate of drug-likeness (QED) is 0.379. The Morgan fingerprint density at radius 3 is 1.17 bits per heavy atom. The maximum Gasteiger partial charge on any atom is 0.500 e. The summed E-state index contributed by atoms with van der Waals surface area (Å²) in [5.74, 6) is 0.699. The van der Waals surface area contributed by atoms with E-state index in [1.165, 1.54) is 25.7 Å². The van der Waals surface area contributed by atoms with Crippen LogP contribution in [0.15, 0.2) is 0 Å². The molecule has 0 aliphatic rings. The number of hydrogen-bond donors (Lipinski definition) is 0. The summed E-state index contributed by atoms with van der Waals surface area (Å²) in [5.41, 5.74) is 0. The Morgan fingerprint density at radius 1 is 0.583 bits per heavy atom. The van der Waals surface area contributed by atoms with Crippen LogP contribution in [0.4, 0.5) is 0 Å². The molecule has 0 amide bonds. The van der Waals surface area contributed by atoms with Crippen LogP contribution in [0.2, 0.25) is 12.1 Å². The van der Waals surface area contributed by atoms with Gasteiger partial charge in [0.1, 0.15) is 0 Å². The van der Waals surface area contributed by atoms with Gasteiger partial charge in [0.2, 0.25) is 0 Å². The largest absolute Gasteiger partial charge is 0.500 e. The summed E-state index contributed by atoms with van der Waals surface area (Å²) in [6, 6.07) is 1.73. The highest BCUT2D eigenvalue weighted by atomic mass is 28.4. The molecule has 6 nitrogen and oxygen atoms in total. The fraction of sp³-hybridized carbons (Fsp3) is 1.00. The smallest absolute Gasteiger partial charge is 0.377 e. The molecule has 0 atom stereocenters. The third-order valence-corrected chi connectivity index (χ3v) is 10.4. The molecule has 0 unspecified atom stereocenters. The summed E-state index contributed by atoms with van der Waals surface area (Å²) in [7, 11) is 5.17. The van der Waals surface area contributed by atoms with Crippen LogP contribution in [0.25, 0.3) is 0 Å². The molecule has 0 aromatic heterocycles. The zero-order valence-electron chi connectivity index (χ0n) is 16.7. The van der Waals surface area contributed by atoms with E-state index in [0.29, 0.717) is 5.92 Å². The van der Waals surface area contributed by atoms with Gasteiger partial charge >= 0.3 is 17.6 Å². The van der Waals surface area contributed by atoms with E-state index in [1.54, 1.807) is 42.7 Å². The van der Waals surface area contributed by atoms with Gasteiger partial charge in [-0.3, -0.25) is 0 Å². The van der Waals surface area contributed by atoms with Gasteiger partial charge < -0.3 is 26.6 Å². The highest BCUT2D eigenvalue weighted by Crippen LogP contribution is 2.26. The standard InChI is InChI=1S/C16H38O6Si2/c1-8-11-16(12-9-14-23(17-2,18-3)19-4)13-10-15-24(20-5,21-6)22-7/h16H,8-15H2,1-7H3. The summed E-state index contributed by atoms with van der Waals surface area (Å²) < 4.78 is 33.0. The molecule has 0 saturated carbocycles. The Morgan fingerprint density at radius 2 is 0.917 bits per heavy atom. The summed E-state index contributed by atoms with van der Waals surface area (Å²) in [6.07, 6.45) is 6.90. The van der Waals surface area contributed by atoms with E-state index < -0.39 is 17.6 Å². The Labute approximate surface area is 150 Å². The molecular weight excluding hydrogens is 344 g/mol. The molecule has 0 aliphatic carbocycles. The lowest BCUT2D eigenvalue weighted by atomic mass is 9.94. The van der Waals surface area contributed by atoms with Crippen molar-refractivity contribution in [3.63, 3.8) is 0 Å². The molecule has 0 N–H and O–H groups in total. The van der Waals surface area contributed by atoms with Crippen LogP contribution in [0, 0.1) is 5.92 Å². The van der Waals surface area contributed by atoms with E-state index in [4.69, 9.17) is 26.6 Å². The van der Waals surface area contributed by atoms with Crippen molar-refractivity contribution in [2.75, 3.05) is 42.7 Å². The fourth-order valence-corrected chi connectivity index (χ4v) is 6.67. The van der Waals surface area contributed by atoms with Crippen molar-refractivity contribution >= 4 is 17.6 Å². The van der Waals surface area contributed by atoms with E-state index >= 15 is 0 Å². The van der Waals surface area contributed by atoms with Crippen LogP contribution in [0.1, 0.15) is 45.4 Å². The Bertz CT molecular complexity index is 256. The minimum Gasteiger partial charge on any atom is -0.377 e. The lowest BCUT2D eigenvalue weighted by Gasteiger charge is -2.26. The molecule has 0 radical (unpaired) electrons. The average molecular weight is 383 g/mol. The van der Waals surface area contributed by atoms with E-state index in [1.807, 2.05) is 0 Å². The van der Waals surface area contributed by atoms with Crippen LogP contribution >= 0.6 is 0 Å². The van der Waals surface area contributed by atoms with Gasteiger partial charge in [-0.25, -0.2) is 0 Å². The van der Waals surface area contributed by atoms with Crippen LogP contribution in [-0.4, -0.2) is 60.3 Å². The molecule has 0 aliphatic heterocycles. The van der Waals surface area contributed by atoms with E-state index in [9.17, 15) is 0 Å². The minimum atomic E-state index is -2.44. The first-order chi connectivity index (χ1) is 11.5. The van der Waals surface area contributed by atoms with Crippen LogP contribution < -0.4 is 0 Å². The molecule has 146 valence electrons. The van der Waals surface area contributed by atoms with Crippen molar-refractivity contribution < 1.29 is 26.6 Å². The lowest BCUT2D eigenvalue weighted by molar-refractivity contribution is 0.121. The van der Waals surface area contributed by atoms with Crippen LogP contribution in [0.5, 0.6) is 0 Å². The van der Waals surface area contributed by atoms with Gasteiger partial charge in [-0.1, -0.05) is 32.6 Å². The first-order valence-electron chi connectivity index (χ1n) is 8.81. The molecule has 0 bridgehead atoms. The second-order valence-electron chi connectivity index (χ2n) is 6.03. The van der Waals surface area contributed by atoms with Gasteiger partial charge in [-0.15, -0.1) is 0 Å². The third-order valence-electron chi connectivity index (χ3n) is 4.75. The van der Waals surface area contributed by atoms with Crippen molar-refractivity contribution in [1.82, 2.24) is 0 Å². The maximum absolute atomic E-state index is 5.50. The minimum absolute atomic E-state index is 0.699. The van der Waals surface area contributed by atoms with Gasteiger partial charge in [-0.05, 0) is 18.8 Å². The average Bonchev–Trinajstić information content (AvgIpc) is 2.63. The molecule has 8 heteroatoms. The second-order valence-corrected chi connectivity index (χ2v) is 12.2. The first-order valence-corrected chi connectivity index (χ1v) is 12.7. The lowest BCUT2D eigenvalue weighted by Crippen LogP contribution is -2.42. The molecular formula is C16H38O6Si2. The maximum atomic E-state index is 5.50. The Kier molecular flexibility index (Phi) is 13.5. The predicted molar refractivity (Wildman–Crippen MR) is 100 cm³/mol. The molecule has 0 aromatic rings. The van der Waals surface area contributed by atoms with Crippen molar-refractivity contribution in [2.45, 2.75) is 57.5 Å². The van der Waals surface area contributed by atoms with Gasteiger partial charge in [0.05, 0.1) is 0 Å². The van der Waals surface area contributed by atoms with Gasteiger partial charge in [-0.2, -0.15) is 0 Å². The van der Waals surface area contributed by atoms with Crippen LogP contribution in [0.3, 0.4) is 0 Å². The molecule has 24 heavy (non-hydrogen) atoms. The first kappa shape index (κ1) is 24.2. The van der Waals surface area contributed by atoms with E-state index in [2.05, 4.69) is 6.92 Å². The van der Waals surface area contributed by atoms with Gasteiger partial charge in [0.15, 0.2) is 0 Å². The molecule has 0 spiro atoms. The highest BCUT2D eigenvalue weighted by Gasteiger charge is 2.38. The summed E-state index contributed by atoms with van der Waals surface area (Å²) in [5, 5.41) is 0. The van der Waals surface area contributed by atoms with Crippen molar-refractivity contribution in [1.29, 1.82) is 0 Å². The van der Waals surface area contributed by atoms with Crippen molar-refractivity contribution in [3.05, 3.63) is 0 Å². The van der Waals surface area contributed by atoms with Gasteiger partial charge in [0, 0.05) is 54.7 Å². The topological polar surface area (TPSA) is 55.4 Å². The molecule has 0 aromatic carbocycles. The molecule has 0 heterocycles. The number of hydrogen-bond acceptors (Lipinski definition) is 6. The second kappa shape index (κ2) is 13.4. The van der Waals surface area contributed by atoms with Crippen LogP contribution in [-0.2, 0) is 26.6 Å². The van der Waals surface area contributed by atoms with Crippen molar-refractivity contribution in [3.8, 4) is 0 Å². The predicted octanol–water partition coefficient (Wildman–Crippen LogP) is 3.72. The molecule has 0 saturated heterocycles. The molecule has 0 rings (SSSR count). The Balaban J connectivity index is 4.35. The highest BCUT2D eigenvalue weighted by molar-refractivity contribution is 6.60. The Hall–Kier alpha value is 0.194. The van der Waals surface area contributed by atoms with Crippen molar-refractivity contribution in [2.24, 2.45) is 5.92 Å². The zero-order chi connectivity index (χ0) is 18.5. The summed E-state index contributed by atoms with van der Waals surface area (Å²) >= 11 is 0. The fourth-order valence-electron chi connectivity index (χ4n) is 3.17. The monoisotopic (exact) mass is 382 g/mol. The third kappa shape index (κ3) is 8.05.